The molecule has 2 aromatic rings. The van der Waals surface area contributed by atoms with Crippen LogP contribution in [0.1, 0.15) is 43.5 Å². The van der Waals surface area contributed by atoms with E-state index in [0.717, 1.165) is 16.0 Å². The zero-order valence-corrected chi connectivity index (χ0v) is 19.3. The predicted molar refractivity (Wildman–Crippen MR) is 120 cm³/mol. The minimum absolute atomic E-state index is 0.0783. The molecular formula is C23H23BrFN3O4. The topological polar surface area (TPSA) is 86.8 Å². The number of imide groups is 1. The fraction of sp³-hybridized carbons (Fsp3) is 0.304. The largest absolute Gasteiger partial charge is 0.274 e. The van der Waals surface area contributed by atoms with E-state index in [1.54, 1.807) is 24.3 Å². The van der Waals surface area contributed by atoms with E-state index in [-0.39, 0.29) is 17.7 Å². The molecule has 2 aromatic carbocycles. The minimum atomic E-state index is -1.23. The van der Waals surface area contributed by atoms with E-state index in [0.29, 0.717) is 17.3 Å². The average molecular weight is 504 g/mol. The first-order chi connectivity index (χ1) is 15.3. The van der Waals surface area contributed by atoms with Crippen LogP contribution < -0.4 is 10.3 Å². The quantitative estimate of drug-likeness (QED) is 0.479. The fourth-order valence-electron chi connectivity index (χ4n) is 3.64. The van der Waals surface area contributed by atoms with Gasteiger partial charge in [-0.25, -0.2) is 14.3 Å². The number of halogens is 2. The summed E-state index contributed by atoms with van der Waals surface area (Å²) in [5, 5.41) is 0.971. The molecule has 1 unspecified atom stereocenters. The first-order valence-corrected chi connectivity index (χ1v) is 11.1. The zero-order chi connectivity index (χ0) is 23.4. The van der Waals surface area contributed by atoms with Gasteiger partial charge in [-0.2, -0.15) is 0 Å². The third kappa shape index (κ3) is 4.72. The van der Waals surface area contributed by atoms with Gasteiger partial charge in [0.2, 0.25) is 11.8 Å². The monoisotopic (exact) mass is 503 g/mol. The Hall–Kier alpha value is -3.07. The second kappa shape index (κ2) is 10.0. The maximum Gasteiger partial charge on any atom is 0.271 e. The predicted octanol–water partition coefficient (Wildman–Crippen LogP) is 3.83. The number of rotatable bonds is 6. The van der Waals surface area contributed by atoms with Crippen molar-refractivity contribution in [2.24, 2.45) is 5.92 Å². The minimum Gasteiger partial charge on any atom is -0.274 e. The molecule has 1 heterocycles. The van der Waals surface area contributed by atoms with Crippen LogP contribution in [0.2, 0.25) is 0 Å². The summed E-state index contributed by atoms with van der Waals surface area (Å²) in [5.41, 5.74) is 2.89. The van der Waals surface area contributed by atoms with Crippen molar-refractivity contribution in [1.82, 2.24) is 10.4 Å². The van der Waals surface area contributed by atoms with Crippen molar-refractivity contribution in [3.63, 3.8) is 0 Å². The van der Waals surface area contributed by atoms with Crippen LogP contribution in [0.4, 0.5) is 10.1 Å². The second-order valence-electron chi connectivity index (χ2n) is 7.41. The summed E-state index contributed by atoms with van der Waals surface area (Å²) in [7, 11) is 0. The highest BCUT2D eigenvalue weighted by Gasteiger charge is 2.46. The maximum atomic E-state index is 13.7. The number of hydrazine groups is 1. The highest BCUT2D eigenvalue weighted by atomic mass is 79.9. The fourth-order valence-corrected chi connectivity index (χ4v) is 4.11. The molecule has 0 saturated carbocycles. The van der Waals surface area contributed by atoms with Gasteiger partial charge in [-0.05, 0) is 59.1 Å². The van der Waals surface area contributed by atoms with Crippen LogP contribution in [0.3, 0.4) is 0 Å². The lowest BCUT2D eigenvalue weighted by atomic mass is 10.0. The lowest BCUT2D eigenvalue weighted by Crippen LogP contribution is -2.56. The van der Waals surface area contributed by atoms with Crippen LogP contribution in [0, 0.1) is 11.7 Å². The van der Waals surface area contributed by atoms with Gasteiger partial charge >= 0.3 is 0 Å². The Morgan fingerprint density at radius 3 is 2.47 bits per heavy atom. The number of hydrogen-bond acceptors (Lipinski definition) is 4. The van der Waals surface area contributed by atoms with E-state index < -0.39 is 41.4 Å². The molecule has 4 amide bonds. The standard InChI is InChI=1S/C23H23BrFN3O4/c1-3-14(4-2)22(31)28(26-21(30)17-10-5-6-11-18(17)24)19-13-20(29)27(23(19)32)16-9-7-8-15(25)12-16/h5-12,14,19H,3-4,13H2,1-2H3,(H,26,30). The summed E-state index contributed by atoms with van der Waals surface area (Å²) in [6.07, 6.45) is 0.676. The normalized spacial score (nSPS) is 15.9. The molecule has 1 saturated heterocycles. The van der Waals surface area contributed by atoms with E-state index in [4.69, 9.17) is 0 Å². The molecule has 1 fully saturated rings. The van der Waals surface area contributed by atoms with Crippen LogP contribution in [-0.2, 0) is 14.4 Å². The Kier molecular flexibility index (Phi) is 7.40. The summed E-state index contributed by atoms with van der Waals surface area (Å²) in [6.45, 7) is 3.67. The first kappa shape index (κ1) is 23.6. The lowest BCUT2D eigenvalue weighted by molar-refractivity contribution is -0.145. The van der Waals surface area contributed by atoms with Crippen molar-refractivity contribution in [3.8, 4) is 0 Å². The van der Waals surface area contributed by atoms with Gasteiger partial charge in [-0.3, -0.25) is 24.6 Å². The molecule has 32 heavy (non-hydrogen) atoms. The highest BCUT2D eigenvalue weighted by Crippen LogP contribution is 2.27. The van der Waals surface area contributed by atoms with Crippen LogP contribution >= 0.6 is 15.9 Å². The Morgan fingerprint density at radius 1 is 1.16 bits per heavy atom. The number of carbonyl (C=O) groups is 4. The van der Waals surface area contributed by atoms with Crippen LogP contribution in [0.25, 0.3) is 0 Å². The number of anilines is 1. The molecule has 0 spiro atoms. The molecule has 1 N–H and O–H groups in total. The third-order valence-electron chi connectivity index (χ3n) is 5.41. The van der Waals surface area contributed by atoms with E-state index >= 15 is 0 Å². The van der Waals surface area contributed by atoms with Crippen molar-refractivity contribution < 1.29 is 23.6 Å². The third-order valence-corrected chi connectivity index (χ3v) is 6.11. The summed E-state index contributed by atoms with van der Waals surface area (Å²) in [4.78, 5) is 52.9. The van der Waals surface area contributed by atoms with Crippen molar-refractivity contribution >= 4 is 45.2 Å². The Balaban J connectivity index is 1.95. The van der Waals surface area contributed by atoms with E-state index in [1.807, 2.05) is 13.8 Å². The molecule has 168 valence electrons. The van der Waals surface area contributed by atoms with Crippen LogP contribution in [0.5, 0.6) is 0 Å². The molecule has 0 aromatic heterocycles. The smallest absolute Gasteiger partial charge is 0.271 e. The van der Waals surface area contributed by atoms with E-state index in [9.17, 15) is 23.6 Å². The van der Waals surface area contributed by atoms with Gasteiger partial charge in [-0.1, -0.05) is 32.0 Å². The maximum absolute atomic E-state index is 13.7. The highest BCUT2D eigenvalue weighted by molar-refractivity contribution is 9.10. The van der Waals surface area contributed by atoms with E-state index in [1.165, 1.54) is 18.2 Å². The molecule has 3 rings (SSSR count). The summed E-state index contributed by atoms with van der Waals surface area (Å²) < 4.78 is 14.2. The molecule has 1 aliphatic heterocycles. The SMILES string of the molecule is CCC(CC)C(=O)N(NC(=O)c1ccccc1Br)C1CC(=O)N(c2cccc(F)c2)C1=O. The van der Waals surface area contributed by atoms with Gasteiger partial charge in [0.05, 0.1) is 17.7 Å². The van der Waals surface area contributed by atoms with Gasteiger partial charge in [-0.15, -0.1) is 0 Å². The number of carbonyl (C=O) groups excluding carboxylic acids is 4. The van der Waals surface area contributed by atoms with Crippen molar-refractivity contribution in [2.45, 2.75) is 39.2 Å². The lowest BCUT2D eigenvalue weighted by Gasteiger charge is -2.30. The first-order valence-electron chi connectivity index (χ1n) is 10.3. The zero-order valence-electron chi connectivity index (χ0n) is 17.7. The molecule has 9 heteroatoms. The average Bonchev–Trinajstić information content (AvgIpc) is 3.06. The molecule has 7 nitrogen and oxygen atoms in total. The van der Waals surface area contributed by atoms with Gasteiger partial charge in [0.1, 0.15) is 11.9 Å². The summed E-state index contributed by atoms with van der Waals surface area (Å²) >= 11 is 3.30. The molecule has 0 aliphatic carbocycles. The summed E-state index contributed by atoms with van der Waals surface area (Å²) in [6, 6.07) is 10.5. The van der Waals surface area contributed by atoms with Crippen molar-refractivity contribution in [3.05, 3.63) is 64.4 Å². The number of benzene rings is 2. The molecule has 1 atom stereocenters. The van der Waals surface area contributed by atoms with Gasteiger partial charge < -0.3 is 0 Å². The summed E-state index contributed by atoms with van der Waals surface area (Å²) in [5.74, 6) is -3.38. The molecule has 0 bridgehead atoms. The van der Waals surface area contributed by atoms with Crippen molar-refractivity contribution in [1.29, 1.82) is 0 Å². The van der Waals surface area contributed by atoms with Gasteiger partial charge in [0.15, 0.2) is 0 Å². The molecule has 0 radical (unpaired) electrons. The van der Waals surface area contributed by atoms with Gasteiger partial charge in [0, 0.05) is 10.4 Å². The van der Waals surface area contributed by atoms with E-state index in [2.05, 4.69) is 21.4 Å². The van der Waals surface area contributed by atoms with Crippen LogP contribution in [0.15, 0.2) is 53.0 Å². The number of nitrogens with zero attached hydrogens (tertiary/aromatic N) is 2. The molecule has 1 aliphatic rings. The number of amides is 4. The molecular weight excluding hydrogens is 481 g/mol. The Morgan fingerprint density at radius 2 is 1.84 bits per heavy atom. The van der Waals surface area contributed by atoms with Gasteiger partial charge in [0.25, 0.3) is 11.8 Å². The Labute approximate surface area is 193 Å². The second-order valence-corrected chi connectivity index (χ2v) is 8.26. The Bertz CT molecular complexity index is 1060. The number of hydrogen-bond donors (Lipinski definition) is 1. The number of nitrogens with one attached hydrogen (secondary N) is 1. The van der Waals surface area contributed by atoms with Crippen molar-refractivity contribution in [2.75, 3.05) is 4.90 Å². The van der Waals surface area contributed by atoms with Crippen LogP contribution in [-0.4, -0.2) is 34.7 Å².